The topological polar surface area (TPSA) is 130 Å². The van der Waals surface area contributed by atoms with Crippen molar-refractivity contribution < 1.29 is 38.3 Å². The fraction of sp³-hybridized carbons (Fsp3) is 0.571. The van der Waals surface area contributed by atoms with Crippen LogP contribution in [0.4, 0.5) is 0 Å². The monoisotopic (exact) mass is 392 g/mol. The molecule has 0 heterocycles. The zero-order valence-electron chi connectivity index (χ0n) is 14.4. The van der Waals surface area contributed by atoms with E-state index in [4.69, 9.17) is 28.7 Å². The van der Waals surface area contributed by atoms with Crippen LogP contribution in [0.5, 0.6) is 0 Å². The van der Waals surface area contributed by atoms with Crippen molar-refractivity contribution >= 4 is 53.6 Å². The number of rotatable bonds is 8. The van der Waals surface area contributed by atoms with Gasteiger partial charge in [0.25, 0.3) is 0 Å². The van der Waals surface area contributed by atoms with Crippen molar-refractivity contribution in [3.63, 3.8) is 0 Å². The molecule has 0 aromatic heterocycles. The fourth-order valence-electron chi connectivity index (χ4n) is 1.54. The molecule has 136 valence electrons. The minimum atomic E-state index is -4.64. The Labute approximate surface area is 160 Å². The molecule has 0 saturated carbocycles. The van der Waals surface area contributed by atoms with Crippen LogP contribution in [0.3, 0.4) is 0 Å². The molecule has 0 aliphatic carbocycles. The van der Waals surface area contributed by atoms with Gasteiger partial charge in [0.1, 0.15) is 0 Å². The van der Waals surface area contributed by atoms with Crippen LogP contribution in [-0.2, 0) is 23.6 Å². The van der Waals surface area contributed by atoms with Crippen LogP contribution in [0.15, 0.2) is 25.3 Å². The fourth-order valence-corrected chi connectivity index (χ4v) is 4.76. The normalized spacial score (nSPS) is 13.0. The quantitative estimate of drug-likeness (QED) is 0.243. The summed E-state index contributed by atoms with van der Waals surface area (Å²) in [6.07, 6.45) is 2.33. The number of carbonyl (C=O) groups is 2. The maximum Gasteiger partial charge on any atom is 0.466 e. The molecule has 0 rings (SSSR count). The molecule has 0 aliphatic heterocycles. The van der Waals surface area contributed by atoms with E-state index in [1.807, 2.05) is 27.7 Å². The van der Waals surface area contributed by atoms with Crippen molar-refractivity contribution in [2.24, 2.45) is 11.8 Å². The van der Waals surface area contributed by atoms with E-state index in [0.29, 0.717) is 0 Å². The third-order valence-electron chi connectivity index (χ3n) is 2.82. The summed E-state index contributed by atoms with van der Waals surface area (Å²) in [5, 5.41) is 0. The van der Waals surface area contributed by atoms with Crippen molar-refractivity contribution in [2.45, 2.75) is 32.1 Å². The van der Waals surface area contributed by atoms with E-state index in [-0.39, 0.29) is 16.2 Å². The third kappa shape index (κ3) is 16.6. The molecule has 24 heavy (non-hydrogen) atoms. The first-order valence-electron chi connectivity index (χ1n) is 7.26. The molecule has 0 amide bonds. The van der Waals surface area contributed by atoms with Gasteiger partial charge >= 0.3 is 142 Å². The van der Waals surface area contributed by atoms with Gasteiger partial charge in [0.2, 0.25) is 0 Å². The summed E-state index contributed by atoms with van der Waals surface area (Å²) in [6, 6.07) is 0. The molecule has 0 fully saturated rings. The standard InChI is InChI=1S/2C7H11O2.Ca.H3O4P/c2*1-4-7(8)9-5-6(2)3;;1-5(2,3)4/h2*4-6H,1H2,2-3H3;;(H3,1,2,3,4). The number of carbonyl (C=O) groups excluding carboxylic acids is 2. The molecule has 0 radical (unpaired) electrons. The van der Waals surface area contributed by atoms with E-state index >= 15 is 0 Å². The average Bonchev–Trinajstić information content (AvgIpc) is 2.42. The summed E-state index contributed by atoms with van der Waals surface area (Å²) >= 11 is -1.43. The molecule has 2 unspecified atom stereocenters. The van der Waals surface area contributed by atoms with Crippen LogP contribution in [0, 0.1) is 11.8 Å². The number of esters is 2. The van der Waals surface area contributed by atoms with E-state index in [9.17, 15) is 9.59 Å². The van der Waals surface area contributed by atoms with Gasteiger partial charge < -0.3 is 14.7 Å². The first-order chi connectivity index (χ1) is 10.8. The van der Waals surface area contributed by atoms with Crippen molar-refractivity contribution in [1.29, 1.82) is 0 Å². The summed E-state index contributed by atoms with van der Waals surface area (Å²) in [7, 11) is -4.64. The summed E-state index contributed by atoms with van der Waals surface area (Å²) in [5.41, 5.74) is 0. The van der Waals surface area contributed by atoms with Crippen LogP contribution in [0.2, 0.25) is 0 Å². The zero-order chi connectivity index (χ0) is 19.5. The molecule has 10 heteroatoms. The van der Waals surface area contributed by atoms with Crippen LogP contribution >= 0.6 is 7.82 Å². The van der Waals surface area contributed by atoms with E-state index < -0.39 is 53.6 Å². The Morgan fingerprint density at radius 1 is 0.917 bits per heavy atom. The second-order valence-corrected chi connectivity index (χ2v) is 9.87. The predicted octanol–water partition coefficient (Wildman–Crippen LogP) is 1.18. The third-order valence-corrected chi connectivity index (χ3v) is 7.74. The van der Waals surface area contributed by atoms with Gasteiger partial charge in [-0.2, -0.15) is 0 Å². The largest absolute Gasteiger partial charge is 0.466 e. The van der Waals surface area contributed by atoms with E-state index in [1.54, 1.807) is 0 Å². The van der Waals surface area contributed by atoms with Gasteiger partial charge in [-0.1, -0.05) is 0 Å². The number of hydrogen-bond acceptors (Lipinski definition) is 5. The van der Waals surface area contributed by atoms with Gasteiger partial charge in [-0.15, -0.1) is 0 Å². The first-order valence-corrected chi connectivity index (χ1v) is 11.4. The maximum atomic E-state index is 11.3. The van der Waals surface area contributed by atoms with Crippen molar-refractivity contribution in [3.05, 3.63) is 25.3 Å². The molecule has 8 nitrogen and oxygen atoms in total. The molecule has 0 saturated heterocycles. The summed E-state index contributed by atoms with van der Waals surface area (Å²) in [4.78, 5) is 44.2. The minimum Gasteiger partial charge on any atom is -0.303 e. The van der Waals surface area contributed by atoms with Crippen molar-refractivity contribution in [1.82, 2.24) is 0 Å². The van der Waals surface area contributed by atoms with Gasteiger partial charge in [0.15, 0.2) is 0 Å². The Morgan fingerprint density at radius 3 is 1.33 bits per heavy atom. The Bertz CT molecular complexity index is 431. The van der Waals surface area contributed by atoms with Gasteiger partial charge in [0.05, 0.1) is 0 Å². The summed E-state index contributed by atoms with van der Waals surface area (Å²) in [5.74, 6) is -0.399. The molecular formula is C14H25CaO8P. The second kappa shape index (κ2) is 13.1. The van der Waals surface area contributed by atoms with E-state index in [2.05, 4.69) is 13.2 Å². The molecule has 0 spiro atoms. The average molecular weight is 392 g/mol. The Kier molecular flexibility index (Phi) is 14.2. The minimum absolute atomic E-state index is 0.122. The van der Waals surface area contributed by atoms with Gasteiger partial charge in [-0.3, -0.25) is 0 Å². The molecular weight excluding hydrogens is 367 g/mol. The molecule has 0 bridgehead atoms. The number of phosphoric acid groups is 1. The zero-order valence-corrected chi connectivity index (χ0v) is 17.5. The molecule has 0 aromatic carbocycles. The van der Waals surface area contributed by atoms with Gasteiger partial charge in [-0.05, 0) is 0 Å². The maximum absolute atomic E-state index is 11.3. The molecule has 3 N–H and O–H groups in total. The molecule has 2 atom stereocenters. The second-order valence-electron chi connectivity index (χ2n) is 5.60. The van der Waals surface area contributed by atoms with Gasteiger partial charge in [0, 0.05) is 0 Å². The van der Waals surface area contributed by atoms with E-state index in [0.717, 1.165) is 12.2 Å². The Hall–Kier alpha value is -0.210. The summed E-state index contributed by atoms with van der Waals surface area (Å²) in [6.45, 7) is 14.8. The van der Waals surface area contributed by atoms with Crippen LogP contribution in [0.1, 0.15) is 27.7 Å². The van der Waals surface area contributed by atoms with Crippen LogP contribution in [-0.4, -0.2) is 64.9 Å². The van der Waals surface area contributed by atoms with Crippen LogP contribution < -0.4 is 0 Å². The molecule has 0 aliphatic rings. The number of ether oxygens (including phenoxy) is 2. The van der Waals surface area contributed by atoms with Gasteiger partial charge in [-0.25, -0.2) is 4.57 Å². The smallest absolute Gasteiger partial charge is 0.303 e. The van der Waals surface area contributed by atoms with Crippen molar-refractivity contribution in [2.75, 3.05) is 0 Å². The van der Waals surface area contributed by atoms with E-state index in [1.165, 1.54) is 0 Å². The first kappa shape index (κ1) is 26.0. The Balaban J connectivity index is 0. The van der Waals surface area contributed by atoms with Crippen molar-refractivity contribution in [3.8, 4) is 0 Å². The molecule has 0 aromatic rings. The number of hydrogen-bond donors (Lipinski definition) is 3. The Morgan fingerprint density at radius 2 is 1.17 bits per heavy atom. The SMILES string of the molecule is C=CC(=O)O[CH]([Ca][CH](OC(=O)C=C)C(C)C)C(C)C.O=P(O)(O)O. The predicted molar refractivity (Wildman–Crippen MR) is 89.8 cm³/mol. The summed E-state index contributed by atoms with van der Waals surface area (Å²) < 4.78 is 19.4. The van der Waals surface area contributed by atoms with Crippen LogP contribution in [0.25, 0.3) is 0 Å².